The van der Waals surface area contributed by atoms with Crippen LogP contribution in [0.3, 0.4) is 0 Å². The number of carbonyl (C=O) groups is 1. The SMILES string of the molecule is CNCC(=O)c1cccc(O)c1F. The molecule has 0 saturated carbocycles. The first-order valence-electron chi connectivity index (χ1n) is 3.82. The molecule has 3 nitrogen and oxygen atoms in total. The van der Waals surface area contributed by atoms with E-state index in [4.69, 9.17) is 5.11 Å². The van der Waals surface area contributed by atoms with Gasteiger partial charge in [-0.3, -0.25) is 4.79 Å². The predicted molar refractivity (Wildman–Crippen MR) is 46.3 cm³/mol. The summed E-state index contributed by atoms with van der Waals surface area (Å²) in [4.78, 5) is 11.2. The predicted octanol–water partition coefficient (Wildman–Crippen LogP) is 0.933. The van der Waals surface area contributed by atoms with Crippen LogP contribution in [0.1, 0.15) is 10.4 Å². The molecule has 0 aromatic heterocycles. The highest BCUT2D eigenvalue weighted by Crippen LogP contribution is 2.18. The van der Waals surface area contributed by atoms with Crippen LogP contribution in [0.5, 0.6) is 5.75 Å². The Kier molecular flexibility index (Phi) is 2.97. The molecular weight excluding hydrogens is 173 g/mol. The average Bonchev–Trinajstić information content (AvgIpc) is 2.10. The lowest BCUT2D eigenvalue weighted by Gasteiger charge is -2.02. The monoisotopic (exact) mass is 183 g/mol. The second-order valence-corrected chi connectivity index (χ2v) is 2.59. The van der Waals surface area contributed by atoms with Gasteiger partial charge in [-0.25, -0.2) is 4.39 Å². The molecule has 0 atom stereocenters. The Morgan fingerprint density at radius 2 is 2.31 bits per heavy atom. The van der Waals surface area contributed by atoms with Crippen LogP contribution in [0.2, 0.25) is 0 Å². The number of nitrogens with one attached hydrogen (secondary N) is 1. The van der Waals surface area contributed by atoms with Crippen LogP contribution in [0, 0.1) is 5.82 Å². The lowest BCUT2D eigenvalue weighted by Crippen LogP contribution is -2.19. The Morgan fingerprint density at radius 3 is 2.92 bits per heavy atom. The summed E-state index contributed by atoms with van der Waals surface area (Å²) in [5.74, 6) is -1.74. The fraction of sp³-hybridized carbons (Fsp3) is 0.222. The van der Waals surface area contributed by atoms with Gasteiger partial charge < -0.3 is 10.4 Å². The molecule has 0 radical (unpaired) electrons. The number of halogens is 1. The third-order valence-electron chi connectivity index (χ3n) is 1.62. The van der Waals surface area contributed by atoms with Gasteiger partial charge in [0.2, 0.25) is 0 Å². The first-order valence-corrected chi connectivity index (χ1v) is 3.82. The molecule has 0 aliphatic carbocycles. The van der Waals surface area contributed by atoms with Crippen molar-refractivity contribution in [3.63, 3.8) is 0 Å². The van der Waals surface area contributed by atoms with Gasteiger partial charge in [-0.1, -0.05) is 6.07 Å². The molecule has 0 saturated heterocycles. The van der Waals surface area contributed by atoms with Gasteiger partial charge >= 0.3 is 0 Å². The average molecular weight is 183 g/mol. The smallest absolute Gasteiger partial charge is 0.179 e. The Labute approximate surface area is 75.2 Å². The van der Waals surface area contributed by atoms with E-state index in [-0.39, 0.29) is 17.9 Å². The molecule has 0 unspecified atom stereocenters. The number of benzene rings is 1. The zero-order chi connectivity index (χ0) is 9.84. The van der Waals surface area contributed by atoms with Crippen LogP contribution < -0.4 is 5.32 Å². The van der Waals surface area contributed by atoms with E-state index < -0.39 is 11.6 Å². The van der Waals surface area contributed by atoms with E-state index in [9.17, 15) is 9.18 Å². The molecule has 70 valence electrons. The zero-order valence-electron chi connectivity index (χ0n) is 7.17. The lowest BCUT2D eigenvalue weighted by atomic mass is 10.1. The van der Waals surface area contributed by atoms with Crippen molar-refractivity contribution in [2.24, 2.45) is 0 Å². The van der Waals surface area contributed by atoms with Crippen molar-refractivity contribution in [1.29, 1.82) is 0 Å². The summed E-state index contributed by atoms with van der Waals surface area (Å²) >= 11 is 0. The van der Waals surface area contributed by atoms with Crippen LogP contribution in [0.4, 0.5) is 4.39 Å². The Morgan fingerprint density at radius 1 is 1.62 bits per heavy atom. The number of Topliss-reactive ketones (excluding diaryl/α,β-unsaturated/α-hetero) is 1. The number of ketones is 1. The van der Waals surface area contributed by atoms with Crippen molar-refractivity contribution in [1.82, 2.24) is 5.32 Å². The molecule has 1 aromatic carbocycles. The van der Waals surface area contributed by atoms with Gasteiger partial charge in [0.05, 0.1) is 12.1 Å². The van der Waals surface area contributed by atoms with Gasteiger partial charge in [0.1, 0.15) is 0 Å². The molecular formula is C9H10FNO2. The molecule has 0 spiro atoms. The molecule has 0 amide bonds. The largest absolute Gasteiger partial charge is 0.505 e. The summed E-state index contributed by atoms with van der Waals surface area (Å²) in [5, 5.41) is 11.6. The zero-order valence-corrected chi connectivity index (χ0v) is 7.17. The summed E-state index contributed by atoms with van der Waals surface area (Å²) in [6, 6.07) is 3.97. The van der Waals surface area contributed by atoms with Crippen LogP contribution in [0.15, 0.2) is 18.2 Å². The number of hydrogen-bond acceptors (Lipinski definition) is 3. The standard InChI is InChI=1S/C9H10FNO2/c1-11-5-8(13)6-3-2-4-7(12)9(6)10/h2-4,11-12H,5H2,1H3. The molecule has 0 fully saturated rings. The summed E-state index contributed by atoms with van der Waals surface area (Å²) < 4.78 is 13.1. The van der Waals surface area contributed by atoms with Crippen molar-refractivity contribution < 1.29 is 14.3 Å². The van der Waals surface area contributed by atoms with Crippen LogP contribution in [-0.4, -0.2) is 24.5 Å². The lowest BCUT2D eigenvalue weighted by molar-refractivity contribution is 0.0989. The highest BCUT2D eigenvalue weighted by atomic mass is 19.1. The summed E-state index contributed by atoms with van der Waals surface area (Å²) in [6.07, 6.45) is 0. The van der Waals surface area contributed by atoms with Crippen LogP contribution in [-0.2, 0) is 0 Å². The van der Waals surface area contributed by atoms with E-state index in [1.54, 1.807) is 7.05 Å². The van der Waals surface area contributed by atoms with E-state index in [1.165, 1.54) is 18.2 Å². The maximum absolute atomic E-state index is 13.1. The van der Waals surface area contributed by atoms with E-state index in [0.29, 0.717) is 0 Å². The third kappa shape index (κ3) is 2.03. The maximum Gasteiger partial charge on any atom is 0.179 e. The Bertz CT molecular complexity index is 325. The van der Waals surface area contributed by atoms with Crippen molar-refractivity contribution in [2.45, 2.75) is 0 Å². The molecule has 0 aliphatic rings. The second kappa shape index (κ2) is 4.00. The van der Waals surface area contributed by atoms with Crippen molar-refractivity contribution in [3.05, 3.63) is 29.6 Å². The van der Waals surface area contributed by atoms with Crippen molar-refractivity contribution in [2.75, 3.05) is 13.6 Å². The van der Waals surface area contributed by atoms with E-state index in [1.807, 2.05) is 0 Å². The number of likely N-dealkylation sites (N-methyl/N-ethyl adjacent to an activating group) is 1. The number of aromatic hydroxyl groups is 1. The minimum atomic E-state index is -0.859. The maximum atomic E-state index is 13.1. The third-order valence-corrected chi connectivity index (χ3v) is 1.62. The number of rotatable bonds is 3. The summed E-state index contributed by atoms with van der Waals surface area (Å²) in [6.45, 7) is 0.0559. The summed E-state index contributed by atoms with van der Waals surface area (Å²) in [7, 11) is 1.60. The fourth-order valence-corrected chi connectivity index (χ4v) is 0.991. The van der Waals surface area contributed by atoms with Gasteiger partial charge in [-0.05, 0) is 19.2 Å². The minimum absolute atomic E-state index is 0.0559. The number of phenols is 1. The Balaban J connectivity index is 3.01. The molecule has 0 aliphatic heterocycles. The van der Waals surface area contributed by atoms with Gasteiger partial charge in [0, 0.05) is 0 Å². The Hall–Kier alpha value is -1.42. The topological polar surface area (TPSA) is 49.3 Å². The molecule has 13 heavy (non-hydrogen) atoms. The van der Waals surface area contributed by atoms with E-state index >= 15 is 0 Å². The molecule has 1 aromatic rings. The van der Waals surface area contributed by atoms with Gasteiger partial charge in [0.15, 0.2) is 17.3 Å². The number of carbonyl (C=O) groups excluding carboxylic acids is 1. The highest BCUT2D eigenvalue weighted by molar-refractivity contribution is 5.98. The first kappa shape index (κ1) is 9.67. The van der Waals surface area contributed by atoms with Crippen LogP contribution in [0.25, 0.3) is 0 Å². The molecule has 0 bridgehead atoms. The van der Waals surface area contributed by atoms with E-state index in [0.717, 1.165) is 0 Å². The number of phenolic OH excluding ortho intramolecular Hbond substituents is 1. The molecule has 0 heterocycles. The molecule has 1 rings (SSSR count). The summed E-state index contributed by atoms with van der Waals surface area (Å²) in [5.41, 5.74) is -0.0886. The quantitative estimate of drug-likeness (QED) is 0.685. The highest BCUT2D eigenvalue weighted by Gasteiger charge is 2.12. The fourth-order valence-electron chi connectivity index (χ4n) is 0.991. The normalized spacial score (nSPS) is 10.0. The van der Waals surface area contributed by atoms with Gasteiger partial charge in [-0.15, -0.1) is 0 Å². The first-order chi connectivity index (χ1) is 6.16. The van der Waals surface area contributed by atoms with E-state index in [2.05, 4.69) is 5.32 Å². The minimum Gasteiger partial charge on any atom is -0.505 e. The second-order valence-electron chi connectivity index (χ2n) is 2.59. The van der Waals surface area contributed by atoms with Crippen LogP contribution >= 0.6 is 0 Å². The number of hydrogen-bond donors (Lipinski definition) is 2. The van der Waals surface area contributed by atoms with Crippen molar-refractivity contribution in [3.8, 4) is 5.75 Å². The van der Waals surface area contributed by atoms with Gasteiger partial charge in [-0.2, -0.15) is 0 Å². The van der Waals surface area contributed by atoms with Gasteiger partial charge in [0.25, 0.3) is 0 Å². The van der Waals surface area contributed by atoms with Crippen molar-refractivity contribution >= 4 is 5.78 Å². The molecule has 2 N–H and O–H groups in total. The molecule has 4 heteroatoms.